The van der Waals surface area contributed by atoms with Crippen LogP contribution in [0.15, 0.2) is 26.1 Å². The Balaban J connectivity index is 2.89. The summed E-state index contributed by atoms with van der Waals surface area (Å²) in [7, 11) is 0. The number of aromatic nitrogens is 2. The van der Waals surface area contributed by atoms with E-state index in [9.17, 15) is 9.59 Å². The van der Waals surface area contributed by atoms with Crippen molar-refractivity contribution in [2.24, 2.45) is 10.3 Å². The van der Waals surface area contributed by atoms with Gasteiger partial charge in [0.2, 0.25) is 0 Å². The molecule has 7 nitrogen and oxygen atoms in total. The molecule has 0 aliphatic carbocycles. The minimum Gasteiger partial charge on any atom is -0.312 e. The van der Waals surface area contributed by atoms with Crippen LogP contribution in [0.4, 0.5) is 5.69 Å². The van der Waals surface area contributed by atoms with Gasteiger partial charge in [-0.1, -0.05) is 5.22 Å². The summed E-state index contributed by atoms with van der Waals surface area (Å²) < 4.78 is 0. The first-order valence-electron chi connectivity index (χ1n) is 4.66. The third-order valence-electron chi connectivity index (χ3n) is 1.81. The number of nitrogens with one attached hydrogen (secondary N) is 2. The predicted molar refractivity (Wildman–Crippen MR) is 55.1 cm³/mol. The highest BCUT2D eigenvalue weighted by Gasteiger charge is 1.98. The van der Waals surface area contributed by atoms with E-state index in [1.54, 1.807) is 5.01 Å². The van der Waals surface area contributed by atoms with Crippen molar-refractivity contribution >= 4 is 5.69 Å². The van der Waals surface area contributed by atoms with Crippen molar-refractivity contribution in [3.8, 4) is 0 Å². The molecule has 15 heavy (non-hydrogen) atoms. The molecule has 1 heterocycles. The van der Waals surface area contributed by atoms with Crippen LogP contribution in [-0.2, 0) is 0 Å². The Morgan fingerprint density at radius 3 is 2.53 bits per heavy atom. The van der Waals surface area contributed by atoms with E-state index in [2.05, 4.69) is 20.3 Å². The SMILES string of the molecule is CCN(CC)N=Nc1c[nH]c(=O)[nH]c1=O. The Morgan fingerprint density at radius 2 is 2.00 bits per heavy atom. The van der Waals surface area contributed by atoms with Gasteiger partial charge in [-0.25, -0.2) is 4.79 Å². The van der Waals surface area contributed by atoms with E-state index in [0.717, 1.165) is 0 Å². The van der Waals surface area contributed by atoms with Crippen LogP contribution >= 0.6 is 0 Å². The molecular weight excluding hydrogens is 198 g/mol. The molecule has 0 bridgehead atoms. The topological polar surface area (TPSA) is 93.7 Å². The molecule has 0 spiro atoms. The molecule has 0 unspecified atom stereocenters. The molecule has 1 aromatic rings. The van der Waals surface area contributed by atoms with Gasteiger partial charge in [0.1, 0.15) is 0 Å². The fourth-order valence-corrected chi connectivity index (χ4v) is 0.938. The van der Waals surface area contributed by atoms with Crippen molar-refractivity contribution < 1.29 is 0 Å². The zero-order chi connectivity index (χ0) is 11.3. The summed E-state index contributed by atoms with van der Waals surface area (Å²) in [6.07, 6.45) is 1.23. The first-order valence-corrected chi connectivity index (χ1v) is 4.66. The van der Waals surface area contributed by atoms with Crippen LogP contribution in [0.2, 0.25) is 0 Å². The third kappa shape index (κ3) is 3.04. The number of rotatable bonds is 4. The van der Waals surface area contributed by atoms with Gasteiger partial charge in [-0.2, -0.15) is 0 Å². The fourth-order valence-electron chi connectivity index (χ4n) is 0.938. The van der Waals surface area contributed by atoms with E-state index in [4.69, 9.17) is 0 Å². The molecule has 0 saturated heterocycles. The van der Waals surface area contributed by atoms with Crippen LogP contribution in [0, 0.1) is 0 Å². The predicted octanol–water partition coefficient (Wildman–Crippen LogP) is 0.404. The molecular formula is C8H13N5O2. The molecule has 1 aromatic heterocycles. The van der Waals surface area contributed by atoms with Crippen LogP contribution in [0.5, 0.6) is 0 Å². The number of aromatic amines is 2. The number of H-pyrrole nitrogens is 2. The summed E-state index contributed by atoms with van der Waals surface area (Å²) in [5.74, 6) is 0. The second-order valence-corrected chi connectivity index (χ2v) is 2.79. The van der Waals surface area contributed by atoms with Gasteiger partial charge >= 0.3 is 5.69 Å². The van der Waals surface area contributed by atoms with Gasteiger partial charge in [-0.15, -0.1) is 5.11 Å². The van der Waals surface area contributed by atoms with Gasteiger partial charge < -0.3 is 4.98 Å². The zero-order valence-corrected chi connectivity index (χ0v) is 8.65. The normalized spacial score (nSPS) is 10.8. The second kappa shape index (κ2) is 5.08. The van der Waals surface area contributed by atoms with Gasteiger partial charge in [0.25, 0.3) is 5.56 Å². The molecule has 0 aliphatic heterocycles. The Morgan fingerprint density at radius 1 is 1.33 bits per heavy atom. The van der Waals surface area contributed by atoms with Gasteiger partial charge in [0.15, 0.2) is 5.69 Å². The van der Waals surface area contributed by atoms with Crippen molar-refractivity contribution in [1.29, 1.82) is 0 Å². The fraction of sp³-hybridized carbons (Fsp3) is 0.500. The summed E-state index contributed by atoms with van der Waals surface area (Å²) in [6.45, 7) is 5.28. The minimum atomic E-state index is -0.554. The smallest absolute Gasteiger partial charge is 0.312 e. The average molecular weight is 211 g/mol. The molecule has 0 saturated carbocycles. The summed E-state index contributed by atoms with van der Waals surface area (Å²) in [4.78, 5) is 26.3. The molecule has 82 valence electrons. The van der Waals surface area contributed by atoms with Crippen LogP contribution in [0.25, 0.3) is 0 Å². The molecule has 0 atom stereocenters. The highest BCUT2D eigenvalue weighted by atomic mass is 16.2. The van der Waals surface area contributed by atoms with Crippen molar-refractivity contribution in [1.82, 2.24) is 15.0 Å². The lowest BCUT2D eigenvalue weighted by molar-refractivity contribution is 0.300. The van der Waals surface area contributed by atoms with Crippen LogP contribution in [-0.4, -0.2) is 28.1 Å². The molecule has 0 fully saturated rings. The van der Waals surface area contributed by atoms with Crippen molar-refractivity contribution in [2.75, 3.05) is 13.1 Å². The molecule has 0 aliphatic rings. The lowest BCUT2D eigenvalue weighted by Gasteiger charge is -2.10. The van der Waals surface area contributed by atoms with Crippen LogP contribution in [0.3, 0.4) is 0 Å². The standard InChI is InChI=1S/C8H13N5O2/c1-3-13(4-2)12-11-6-5-9-8(15)10-7(6)14/h5H,3-4H2,1-2H3,(H2,9,10,14,15). The summed E-state index contributed by atoms with van der Waals surface area (Å²) in [6, 6.07) is 0. The second-order valence-electron chi connectivity index (χ2n) is 2.79. The molecule has 0 radical (unpaired) electrons. The number of nitrogens with zero attached hydrogens (tertiary/aromatic N) is 3. The van der Waals surface area contributed by atoms with E-state index in [-0.39, 0.29) is 5.69 Å². The van der Waals surface area contributed by atoms with Gasteiger partial charge in [-0.05, 0) is 13.8 Å². The van der Waals surface area contributed by atoms with E-state index in [0.29, 0.717) is 13.1 Å². The molecule has 0 aromatic carbocycles. The van der Waals surface area contributed by atoms with Gasteiger partial charge in [0.05, 0.1) is 0 Å². The van der Waals surface area contributed by atoms with Gasteiger partial charge in [-0.3, -0.25) is 14.8 Å². The first-order chi connectivity index (χ1) is 7.17. The quantitative estimate of drug-likeness (QED) is 0.557. The van der Waals surface area contributed by atoms with Crippen LogP contribution in [0.1, 0.15) is 13.8 Å². The lowest BCUT2D eigenvalue weighted by atomic mass is 10.5. The number of hydrogen-bond donors (Lipinski definition) is 2. The highest BCUT2D eigenvalue weighted by molar-refractivity contribution is 5.27. The Kier molecular flexibility index (Phi) is 3.78. The Hall–Kier alpha value is -1.92. The number of hydrogen-bond acceptors (Lipinski definition) is 4. The van der Waals surface area contributed by atoms with Gasteiger partial charge in [0, 0.05) is 19.3 Å². The lowest BCUT2D eigenvalue weighted by Crippen LogP contribution is -2.21. The highest BCUT2D eigenvalue weighted by Crippen LogP contribution is 2.01. The summed E-state index contributed by atoms with van der Waals surface area (Å²) in [5.41, 5.74) is -1.02. The first kappa shape index (κ1) is 11.2. The van der Waals surface area contributed by atoms with E-state index >= 15 is 0 Å². The van der Waals surface area contributed by atoms with E-state index in [1.807, 2.05) is 13.8 Å². The van der Waals surface area contributed by atoms with Crippen LogP contribution < -0.4 is 11.2 Å². The molecule has 1 rings (SSSR count). The van der Waals surface area contributed by atoms with Crippen molar-refractivity contribution in [3.63, 3.8) is 0 Å². The average Bonchev–Trinajstić information content (AvgIpc) is 2.22. The zero-order valence-electron chi connectivity index (χ0n) is 8.65. The Bertz CT molecular complexity index is 443. The molecule has 7 heteroatoms. The van der Waals surface area contributed by atoms with Crippen molar-refractivity contribution in [3.05, 3.63) is 27.0 Å². The largest absolute Gasteiger partial charge is 0.325 e. The Labute approximate surface area is 85.8 Å². The summed E-state index contributed by atoms with van der Waals surface area (Å²) in [5, 5.41) is 9.25. The summed E-state index contributed by atoms with van der Waals surface area (Å²) >= 11 is 0. The maximum absolute atomic E-state index is 11.2. The maximum Gasteiger partial charge on any atom is 0.325 e. The monoisotopic (exact) mass is 211 g/mol. The van der Waals surface area contributed by atoms with E-state index < -0.39 is 11.2 Å². The van der Waals surface area contributed by atoms with E-state index in [1.165, 1.54) is 6.20 Å². The molecule has 2 N–H and O–H groups in total. The third-order valence-corrected chi connectivity index (χ3v) is 1.81. The van der Waals surface area contributed by atoms with Crippen molar-refractivity contribution in [2.45, 2.75) is 13.8 Å². The maximum atomic E-state index is 11.2. The molecule has 0 amide bonds. The minimum absolute atomic E-state index is 0.0847.